The maximum absolute atomic E-state index is 8.77. The van der Waals surface area contributed by atoms with Gasteiger partial charge < -0.3 is 14.7 Å². The van der Waals surface area contributed by atoms with E-state index in [0.29, 0.717) is 12.5 Å². The smallest absolute Gasteiger partial charge is 0.322 e. The Labute approximate surface area is 87.1 Å². The Hall–Kier alpha value is -1.67. The van der Waals surface area contributed by atoms with Gasteiger partial charge in [-0.1, -0.05) is 0 Å². The van der Waals surface area contributed by atoms with E-state index in [2.05, 4.69) is 20.4 Å². The quantitative estimate of drug-likeness (QED) is 0.405. The number of methoxy groups -OCH3 is 1. The molecule has 15 heavy (non-hydrogen) atoms. The maximum Gasteiger partial charge on any atom is 0.322 e. The first-order chi connectivity index (χ1) is 7.21. The molecule has 4 N–H and O–H groups in total. The lowest BCUT2D eigenvalue weighted by atomic mass is 10.6. The highest BCUT2D eigenvalue weighted by atomic mass is 16.5. The number of hydrazine groups is 1. The number of hydrogen-bond donors (Lipinski definition) is 3. The molecule has 0 bridgehead atoms. The number of ether oxygens (including phenoxy) is 1. The third-order valence-corrected chi connectivity index (χ3v) is 1.69. The molecule has 0 aliphatic carbocycles. The van der Waals surface area contributed by atoms with Gasteiger partial charge in [0.15, 0.2) is 0 Å². The molecule has 0 atom stereocenters. The average Bonchev–Trinajstić information content (AvgIpc) is 2.28. The second kappa shape index (κ2) is 5.27. The minimum Gasteiger partial charge on any atom is -0.467 e. The van der Waals surface area contributed by atoms with Gasteiger partial charge in [-0.3, -0.25) is 5.43 Å². The van der Waals surface area contributed by atoms with Gasteiger partial charge in [0.25, 0.3) is 0 Å². The van der Waals surface area contributed by atoms with Crippen LogP contribution in [0.5, 0.6) is 6.01 Å². The standard InChI is InChI=1S/C7H14N6O2/c1-13(3-4-14)6-9-5(12-8)10-7(11-6)15-2/h14H,3-4,8H2,1-2H3,(H,9,10,11,12). The van der Waals surface area contributed by atoms with Crippen LogP contribution in [0, 0.1) is 0 Å². The largest absolute Gasteiger partial charge is 0.467 e. The van der Waals surface area contributed by atoms with Gasteiger partial charge in [-0.25, -0.2) is 5.84 Å². The van der Waals surface area contributed by atoms with E-state index in [1.165, 1.54) is 7.11 Å². The molecular formula is C7H14N6O2. The number of aliphatic hydroxyl groups is 1. The number of aromatic nitrogens is 3. The number of likely N-dealkylation sites (N-methyl/N-ethyl adjacent to an activating group) is 1. The third kappa shape index (κ3) is 2.89. The molecule has 0 aliphatic heterocycles. The SMILES string of the molecule is COc1nc(NN)nc(N(C)CCO)n1. The minimum atomic E-state index is 0.00981. The summed E-state index contributed by atoms with van der Waals surface area (Å²) in [5, 5.41) is 8.77. The average molecular weight is 214 g/mol. The molecule has 0 fully saturated rings. The highest BCUT2D eigenvalue weighted by Crippen LogP contribution is 2.12. The molecule has 1 rings (SSSR count). The molecule has 0 radical (unpaired) electrons. The number of nitrogens with two attached hydrogens (primary N) is 1. The zero-order valence-corrected chi connectivity index (χ0v) is 8.64. The molecule has 1 heterocycles. The first kappa shape index (κ1) is 11.4. The third-order valence-electron chi connectivity index (χ3n) is 1.69. The fraction of sp³-hybridized carbons (Fsp3) is 0.571. The summed E-state index contributed by atoms with van der Waals surface area (Å²) in [4.78, 5) is 13.5. The second-order valence-corrected chi connectivity index (χ2v) is 2.74. The highest BCUT2D eigenvalue weighted by Gasteiger charge is 2.09. The van der Waals surface area contributed by atoms with E-state index in [-0.39, 0.29) is 18.6 Å². The topological polar surface area (TPSA) is 109 Å². The molecule has 0 amide bonds. The Morgan fingerprint density at radius 2 is 2.20 bits per heavy atom. The summed E-state index contributed by atoms with van der Waals surface area (Å²) >= 11 is 0. The highest BCUT2D eigenvalue weighted by molar-refractivity contribution is 5.36. The van der Waals surface area contributed by atoms with Crippen molar-refractivity contribution < 1.29 is 9.84 Å². The number of nitrogen functional groups attached to an aromatic ring is 1. The summed E-state index contributed by atoms with van der Waals surface area (Å²) in [5.74, 6) is 5.78. The van der Waals surface area contributed by atoms with E-state index in [4.69, 9.17) is 15.7 Å². The normalized spacial score (nSPS) is 9.87. The van der Waals surface area contributed by atoms with Gasteiger partial charge >= 0.3 is 6.01 Å². The molecule has 0 aliphatic rings. The van der Waals surface area contributed by atoms with Crippen molar-refractivity contribution in [2.75, 3.05) is 37.6 Å². The van der Waals surface area contributed by atoms with E-state index >= 15 is 0 Å². The number of anilines is 2. The number of nitrogens with zero attached hydrogens (tertiary/aromatic N) is 4. The van der Waals surface area contributed by atoms with Crippen LogP contribution in [0.3, 0.4) is 0 Å². The summed E-state index contributed by atoms with van der Waals surface area (Å²) in [6.45, 7) is 0.424. The van der Waals surface area contributed by atoms with Crippen LogP contribution in [0.15, 0.2) is 0 Å². The van der Waals surface area contributed by atoms with Crippen LogP contribution >= 0.6 is 0 Å². The zero-order valence-electron chi connectivity index (χ0n) is 8.64. The number of aliphatic hydroxyl groups excluding tert-OH is 1. The first-order valence-electron chi connectivity index (χ1n) is 4.30. The van der Waals surface area contributed by atoms with Gasteiger partial charge in [0.2, 0.25) is 11.9 Å². The molecule has 0 saturated heterocycles. The van der Waals surface area contributed by atoms with Gasteiger partial charge in [0.1, 0.15) is 0 Å². The number of hydrogen-bond acceptors (Lipinski definition) is 8. The summed E-state index contributed by atoms with van der Waals surface area (Å²) < 4.78 is 4.88. The summed E-state index contributed by atoms with van der Waals surface area (Å²) in [6.07, 6.45) is 0. The number of nitrogens with one attached hydrogen (secondary N) is 1. The van der Waals surface area contributed by atoms with E-state index < -0.39 is 0 Å². The van der Waals surface area contributed by atoms with E-state index in [0.717, 1.165) is 0 Å². The van der Waals surface area contributed by atoms with Crippen molar-refractivity contribution in [3.05, 3.63) is 0 Å². The van der Waals surface area contributed by atoms with Crippen LogP contribution in [0.4, 0.5) is 11.9 Å². The van der Waals surface area contributed by atoms with Crippen molar-refractivity contribution in [1.29, 1.82) is 0 Å². The molecule has 0 saturated carbocycles. The lowest BCUT2D eigenvalue weighted by molar-refractivity contribution is 0.303. The molecule has 0 spiro atoms. The van der Waals surface area contributed by atoms with Gasteiger partial charge in [0.05, 0.1) is 13.7 Å². The van der Waals surface area contributed by atoms with Crippen molar-refractivity contribution in [2.24, 2.45) is 5.84 Å². The molecule has 1 aromatic heterocycles. The van der Waals surface area contributed by atoms with Gasteiger partial charge in [0, 0.05) is 13.6 Å². The maximum atomic E-state index is 8.77. The van der Waals surface area contributed by atoms with Crippen molar-refractivity contribution >= 4 is 11.9 Å². The Bertz CT molecular complexity index is 298. The second-order valence-electron chi connectivity index (χ2n) is 2.74. The van der Waals surface area contributed by atoms with E-state index in [9.17, 15) is 0 Å². The predicted octanol–water partition coefficient (Wildman–Crippen LogP) is -1.41. The van der Waals surface area contributed by atoms with Gasteiger partial charge in [-0.2, -0.15) is 15.0 Å². The van der Waals surface area contributed by atoms with Crippen LogP contribution in [0.2, 0.25) is 0 Å². The van der Waals surface area contributed by atoms with Crippen LogP contribution in [0.25, 0.3) is 0 Å². The Morgan fingerprint density at radius 3 is 2.73 bits per heavy atom. The van der Waals surface area contributed by atoms with Crippen LogP contribution in [-0.2, 0) is 0 Å². The first-order valence-corrected chi connectivity index (χ1v) is 4.30. The molecule has 1 aromatic rings. The van der Waals surface area contributed by atoms with Gasteiger partial charge in [-0.05, 0) is 0 Å². The van der Waals surface area contributed by atoms with Gasteiger partial charge in [-0.15, -0.1) is 0 Å². The summed E-state index contributed by atoms with van der Waals surface area (Å²) in [5.41, 5.74) is 2.31. The van der Waals surface area contributed by atoms with Crippen LogP contribution < -0.4 is 20.9 Å². The zero-order chi connectivity index (χ0) is 11.3. The molecular weight excluding hydrogens is 200 g/mol. The fourth-order valence-electron chi connectivity index (χ4n) is 0.922. The molecule has 84 valence electrons. The molecule has 0 unspecified atom stereocenters. The fourth-order valence-corrected chi connectivity index (χ4v) is 0.922. The lowest BCUT2D eigenvalue weighted by Crippen LogP contribution is -2.24. The Morgan fingerprint density at radius 1 is 1.47 bits per heavy atom. The molecule has 8 nitrogen and oxygen atoms in total. The van der Waals surface area contributed by atoms with Crippen molar-refractivity contribution in [2.45, 2.75) is 0 Å². The number of rotatable bonds is 5. The van der Waals surface area contributed by atoms with Crippen molar-refractivity contribution in [1.82, 2.24) is 15.0 Å². The van der Waals surface area contributed by atoms with E-state index in [1.54, 1.807) is 11.9 Å². The minimum absolute atomic E-state index is 0.00981. The van der Waals surface area contributed by atoms with Crippen molar-refractivity contribution in [3.63, 3.8) is 0 Å². The molecule has 0 aromatic carbocycles. The summed E-state index contributed by atoms with van der Waals surface area (Å²) in [7, 11) is 3.19. The van der Waals surface area contributed by atoms with E-state index in [1.807, 2.05) is 0 Å². The monoisotopic (exact) mass is 214 g/mol. The van der Waals surface area contributed by atoms with Crippen molar-refractivity contribution in [3.8, 4) is 6.01 Å². The van der Waals surface area contributed by atoms with Crippen LogP contribution in [0.1, 0.15) is 0 Å². The predicted molar refractivity (Wildman–Crippen MR) is 54.5 cm³/mol. The molecule has 8 heteroatoms. The Balaban J connectivity index is 2.95. The Kier molecular flexibility index (Phi) is 4.01. The van der Waals surface area contributed by atoms with Crippen LogP contribution in [-0.4, -0.2) is 47.4 Å². The lowest BCUT2D eigenvalue weighted by Gasteiger charge is -2.15. The summed E-state index contributed by atoms with van der Waals surface area (Å²) in [6, 6.07) is 0.165.